The van der Waals surface area contributed by atoms with E-state index in [9.17, 15) is 19.5 Å². The van der Waals surface area contributed by atoms with Crippen LogP contribution in [0.25, 0.3) is 0 Å². The highest BCUT2D eigenvalue weighted by Crippen LogP contribution is 2.60. The second kappa shape index (κ2) is 15.1. The van der Waals surface area contributed by atoms with Crippen molar-refractivity contribution in [2.75, 3.05) is 38.8 Å². The van der Waals surface area contributed by atoms with Gasteiger partial charge in [0.15, 0.2) is 5.60 Å². The lowest BCUT2D eigenvalue weighted by molar-refractivity contribution is -0.149. The van der Waals surface area contributed by atoms with Crippen molar-refractivity contribution >= 4 is 36.7 Å². The van der Waals surface area contributed by atoms with Crippen molar-refractivity contribution < 1.29 is 33.7 Å². The van der Waals surface area contributed by atoms with Crippen molar-refractivity contribution in [2.24, 2.45) is 5.92 Å². The van der Waals surface area contributed by atoms with E-state index in [1.165, 1.54) is 12.3 Å². The van der Waals surface area contributed by atoms with Gasteiger partial charge in [-0.3, -0.25) is 14.4 Å². The number of hydrogen-bond acceptors (Lipinski definition) is 7. The van der Waals surface area contributed by atoms with Gasteiger partial charge >= 0.3 is 5.97 Å². The number of anilines is 1. The topological polar surface area (TPSA) is 106 Å². The molecule has 2 aliphatic rings. The number of ether oxygens (including phenoxy) is 3. The average molecular weight is 673 g/mol. The summed E-state index contributed by atoms with van der Waals surface area (Å²) >= 11 is 0. The number of carbonyl (C=O) groups is 3. The highest BCUT2D eigenvalue weighted by atomic mass is 28.3. The summed E-state index contributed by atoms with van der Waals surface area (Å²) in [7, 11) is 0.586. The van der Waals surface area contributed by atoms with Gasteiger partial charge in [0.2, 0.25) is 5.91 Å². The summed E-state index contributed by atoms with van der Waals surface area (Å²) in [5, 5.41) is 11.1. The molecule has 256 valence electrons. The molecule has 0 aliphatic carbocycles. The van der Waals surface area contributed by atoms with E-state index in [4.69, 9.17) is 14.2 Å². The van der Waals surface area contributed by atoms with Gasteiger partial charge in [0, 0.05) is 37.5 Å². The van der Waals surface area contributed by atoms with E-state index < -0.39 is 19.8 Å². The van der Waals surface area contributed by atoms with Gasteiger partial charge in [0.25, 0.3) is 5.91 Å². The van der Waals surface area contributed by atoms with Gasteiger partial charge < -0.3 is 29.1 Å². The first-order valence-electron chi connectivity index (χ1n) is 16.8. The highest BCUT2D eigenvalue weighted by molar-refractivity contribution is 6.91. The van der Waals surface area contributed by atoms with Crippen molar-refractivity contribution in [3.05, 3.63) is 90.0 Å². The molecule has 1 spiro atoms. The molecule has 3 aromatic carbocycles. The first-order valence-corrected chi connectivity index (χ1v) is 19.9. The largest absolute Gasteiger partial charge is 0.497 e. The molecule has 1 N–H and O–H groups in total. The Balaban J connectivity index is 1.51. The predicted octanol–water partition coefficient (Wildman–Crippen LogP) is 5.01. The molecule has 2 aliphatic heterocycles. The van der Waals surface area contributed by atoms with Crippen LogP contribution >= 0.6 is 0 Å². The fourth-order valence-corrected chi connectivity index (χ4v) is 11.9. The van der Waals surface area contributed by atoms with Crippen LogP contribution in [0.3, 0.4) is 0 Å². The summed E-state index contributed by atoms with van der Waals surface area (Å²) in [5.41, 5.74) is 1.26. The molecule has 10 heteroatoms. The van der Waals surface area contributed by atoms with Gasteiger partial charge in [0.1, 0.15) is 5.75 Å². The van der Waals surface area contributed by atoms with Crippen LogP contribution in [-0.4, -0.2) is 75.9 Å². The molecule has 2 amide bonds. The lowest BCUT2D eigenvalue weighted by atomic mass is 9.82. The Bertz CT molecular complexity index is 1580. The number of carbonyl (C=O) groups excluding carboxylic acids is 3. The van der Waals surface area contributed by atoms with Gasteiger partial charge in [-0.1, -0.05) is 85.9 Å². The molecule has 0 saturated carbocycles. The summed E-state index contributed by atoms with van der Waals surface area (Å²) < 4.78 is 17.4. The van der Waals surface area contributed by atoms with E-state index in [-0.39, 0.29) is 48.8 Å². The number of benzene rings is 3. The Morgan fingerprint density at radius 3 is 2.33 bits per heavy atom. The van der Waals surface area contributed by atoms with E-state index >= 15 is 0 Å². The Hall–Kier alpha value is -3.99. The number of nitrogens with zero attached hydrogens (tertiary/aromatic N) is 2. The number of methoxy groups -OCH3 is 2. The standard InChI is InChI=1S/C38H48N2O7Si/c1-27-36(48(4,5)30-20-18-29(45-2)19-21-30)33(25-34(42)39(23-24-41)26-28-13-7-6-8-14-28)47-38(27)31-15-9-10-16-32(31)40(37(38)44)22-12-11-17-35(43)46-3/h6-10,13-16,18-21,27,33,36,41H,11-12,17,22-26H2,1-5H3/t27-,33+,36-,38+/m0/s1. The molecule has 0 bridgehead atoms. The molecule has 5 rings (SSSR count). The minimum atomic E-state index is -2.44. The number of hydrogen-bond donors (Lipinski definition) is 1. The van der Waals surface area contributed by atoms with Gasteiger partial charge in [-0.15, -0.1) is 0 Å². The van der Waals surface area contributed by atoms with E-state index in [2.05, 4.69) is 32.2 Å². The molecular formula is C38H48N2O7Si. The molecule has 0 unspecified atom stereocenters. The Kier molecular flexibility index (Phi) is 11.1. The van der Waals surface area contributed by atoms with Gasteiger partial charge in [-0.2, -0.15) is 0 Å². The van der Waals surface area contributed by atoms with Crippen LogP contribution < -0.4 is 14.8 Å². The first-order chi connectivity index (χ1) is 23.1. The maximum Gasteiger partial charge on any atom is 0.305 e. The van der Waals surface area contributed by atoms with Crippen LogP contribution in [0, 0.1) is 5.92 Å². The molecule has 2 heterocycles. The Morgan fingerprint density at radius 1 is 0.979 bits per heavy atom. The normalized spacial score (nSPS) is 21.8. The minimum absolute atomic E-state index is 0.0880. The smallest absolute Gasteiger partial charge is 0.305 e. The number of unbranched alkanes of at least 4 members (excludes halogenated alkanes) is 1. The summed E-state index contributed by atoms with van der Waals surface area (Å²) in [4.78, 5) is 44.1. The minimum Gasteiger partial charge on any atom is -0.497 e. The number of esters is 1. The summed E-state index contributed by atoms with van der Waals surface area (Å²) in [6, 6.07) is 25.7. The number of amides is 2. The molecule has 48 heavy (non-hydrogen) atoms. The van der Waals surface area contributed by atoms with Crippen LogP contribution in [0.15, 0.2) is 78.9 Å². The van der Waals surface area contributed by atoms with Crippen LogP contribution in [0.4, 0.5) is 5.69 Å². The predicted molar refractivity (Wildman–Crippen MR) is 188 cm³/mol. The van der Waals surface area contributed by atoms with Crippen molar-refractivity contribution in [1.29, 1.82) is 0 Å². The molecule has 3 aromatic rings. The third-order valence-electron chi connectivity index (χ3n) is 10.3. The zero-order chi connectivity index (χ0) is 34.5. The van der Waals surface area contributed by atoms with E-state index in [0.717, 1.165) is 22.6 Å². The summed E-state index contributed by atoms with van der Waals surface area (Å²) in [5.74, 6) is 0.0187. The number of rotatable bonds is 14. The van der Waals surface area contributed by atoms with Crippen molar-refractivity contribution in [3.8, 4) is 5.75 Å². The summed E-state index contributed by atoms with van der Waals surface area (Å²) in [6.07, 6.45) is 1.07. The number of aliphatic hydroxyl groups is 1. The molecular weight excluding hydrogens is 625 g/mol. The zero-order valence-corrected chi connectivity index (χ0v) is 29.7. The third kappa shape index (κ3) is 6.79. The molecule has 0 radical (unpaired) electrons. The Labute approximate surface area is 284 Å². The highest BCUT2D eigenvalue weighted by Gasteiger charge is 2.66. The van der Waals surface area contributed by atoms with Crippen LogP contribution in [-0.2, 0) is 36.0 Å². The van der Waals surface area contributed by atoms with E-state index in [0.29, 0.717) is 32.4 Å². The van der Waals surface area contributed by atoms with Crippen LogP contribution in [0.1, 0.15) is 43.7 Å². The maximum absolute atomic E-state index is 14.8. The van der Waals surface area contributed by atoms with Crippen LogP contribution in [0.2, 0.25) is 18.6 Å². The van der Waals surface area contributed by atoms with Gasteiger partial charge in [-0.25, -0.2) is 0 Å². The van der Waals surface area contributed by atoms with Crippen molar-refractivity contribution in [2.45, 2.75) is 69.5 Å². The Morgan fingerprint density at radius 2 is 1.67 bits per heavy atom. The zero-order valence-electron chi connectivity index (χ0n) is 28.7. The number of para-hydroxylation sites is 1. The van der Waals surface area contributed by atoms with E-state index in [1.54, 1.807) is 16.9 Å². The third-order valence-corrected chi connectivity index (χ3v) is 14.7. The number of aliphatic hydroxyl groups excluding tert-OH is 1. The molecule has 9 nitrogen and oxygen atoms in total. The summed E-state index contributed by atoms with van der Waals surface area (Å²) in [6.45, 7) is 7.56. The number of fused-ring (bicyclic) bond motifs is 2. The van der Waals surface area contributed by atoms with Gasteiger partial charge in [-0.05, 0) is 42.1 Å². The second-order valence-electron chi connectivity index (χ2n) is 13.4. The quantitative estimate of drug-likeness (QED) is 0.146. The monoisotopic (exact) mass is 672 g/mol. The van der Waals surface area contributed by atoms with E-state index in [1.807, 2.05) is 66.7 Å². The molecule has 1 fully saturated rings. The average Bonchev–Trinajstić information content (AvgIpc) is 3.52. The first kappa shape index (κ1) is 35.3. The second-order valence-corrected chi connectivity index (χ2v) is 18.1. The lowest BCUT2D eigenvalue weighted by Gasteiger charge is -2.37. The SMILES string of the molecule is COC(=O)CCCCN1C(=O)[C@]2(O[C@H](CC(=O)N(CCO)Cc3ccccc3)[C@@H]([Si](C)(C)c3ccc(OC)cc3)[C@@H]2C)c2ccccc21. The fraction of sp³-hybridized carbons (Fsp3) is 0.447. The maximum atomic E-state index is 14.8. The van der Waals surface area contributed by atoms with Crippen molar-refractivity contribution in [1.82, 2.24) is 4.90 Å². The molecule has 0 aromatic heterocycles. The van der Waals surface area contributed by atoms with Crippen molar-refractivity contribution in [3.63, 3.8) is 0 Å². The lowest BCUT2D eigenvalue weighted by Crippen LogP contribution is -2.52. The fourth-order valence-electron chi connectivity index (χ4n) is 7.85. The van der Waals surface area contributed by atoms with Crippen LogP contribution in [0.5, 0.6) is 5.75 Å². The molecule has 1 saturated heterocycles. The molecule has 4 atom stereocenters. The van der Waals surface area contributed by atoms with Gasteiger partial charge in [0.05, 0.1) is 47.1 Å².